The molecule has 0 aliphatic heterocycles. The van der Waals surface area contributed by atoms with E-state index in [2.05, 4.69) is 9.57 Å². The molecule has 0 fully saturated rings. The molecule has 1 amide bonds. The molecule has 0 aliphatic carbocycles. The number of anilines is 1. The third-order valence-electron chi connectivity index (χ3n) is 2.93. The number of rotatable bonds is 5. The van der Waals surface area contributed by atoms with E-state index in [9.17, 15) is 13.2 Å². The summed E-state index contributed by atoms with van der Waals surface area (Å²) >= 11 is 0. The Bertz CT molecular complexity index is 930. The first kappa shape index (κ1) is 17.2. The van der Waals surface area contributed by atoms with Crippen molar-refractivity contribution in [3.63, 3.8) is 0 Å². The number of hydrogen-bond donors (Lipinski definition) is 3. The molecule has 0 unspecified atom stereocenters. The van der Waals surface area contributed by atoms with Crippen molar-refractivity contribution in [2.75, 3.05) is 4.72 Å². The maximum absolute atomic E-state index is 12.4. The average molecular weight is 343 g/mol. The van der Waals surface area contributed by atoms with Crippen molar-refractivity contribution in [1.82, 2.24) is 5.48 Å². The van der Waals surface area contributed by atoms with Crippen LogP contribution in [0.2, 0.25) is 0 Å². The predicted octanol–water partition coefficient (Wildman–Crippen LogP) is 2.56. The van der Waals surface area contributed by atoms with Crippen molar-refractivity contribution in [3.05, 3.63) is 71.6 Å². The highest BCUT2D eigenvalue weighted by atomic mass is 32.2. The number of benzene rings is 2. The van der Waals surface area contributed by atoms with Crippen molar-refractivity contribution in [1.29, 1.82) is 0 Å². The van der Waals surface area contributed by atoms with E-state index >= 15 is 0 Å². The van der Waals surface area contributed by atoms with Gasteiger partial charge in [0.25, 0.3) is 15.9 Å². The maximum atomic E-state index is 12.4. The van der Waals surface area contributed by atoms with Crippen LogP contribution in [0.3, 0.4) is 0 Å². The molecule has 3 N–H and O–H groups in total. The molecule has 0 heterocycles. The van der Waals surface area contributed by atoms with Crippen molar-refractivity contribution < 1.29 is 18.4 Å². The lowest BCUT2D eigenvalue weighted by Gasteiger charge is -2.09. The van der Waals surface area contributed by atoms with E-state index in [1.54, 1.807) is 24.3 Å². The Hall–Kier alpha value is -3.15. The first-order valence-corrected chi connectivity index (χ1v) is 8.15. The molecule has 0 aliphatic rings. The van der Waals surface area contributed by atoms with E-state index in [0.29, 0.717) is 11.3 Å². The minimum absolute atomic E-state index is 0.00210. The van der Waals surface area contributed by atoms with Crippen LogP contribution in [0.1, 0.15) is 5.56 Å². The minimum Gasteiger partial charge on any atom is -0.288 e. The van der Waals surface area contributed by atoms with Gasteiger partial charge in [-0.15, -0.1) is 0 Å². The van der Waals surface area contributed by atoms with E-state index in [-0.39, 0.29) is 10.6 Å². The van der Waals surface area contributed by atoms with E-state index in [0.717, 1.165) is 6.08 Å². The monoisotopic (exact) mass is 343 g/mol. The number of amides is 1. The summed E-state index contributed by atoms with van der Waals surface area (Å²) in [5.41, 5.74) is 2.51. The summed E-state index contributed by atoms with van der Waals surface area (Å²) in [5.74, 6) is -0.725. The van der Waals surface area contributed by atoms with Crippen LogP contribution >= 0.6 is 0 Å². The van der Waals surface area contributed by atoms with Crippen molar-refractivity contribution in [2.24, 2.45) is 0 Å². The summed E-state index contributed by atoms with van der Waals surface area (Å²) in [6.07, 6.45) is 2.43. The van der Waals surface area contributed by atoms with Gasteiger partial charge in [-0.05, 0) is 35.9 Å². The highest BCUT2D eigenvalue weighted by Gasteiger charge is 2.14. The van der Waals surface area contributed by atoms with Gasteiger partial charge >= 0.3 is 0 Å². The Morgan fingerprint density at radius 2 is 1.92 bits per heavy atom. The van der Waals surface area contributed by atoms with Gasteiger partial charge in [-0.1, -0.05) is 24.3 Å². The topological polar surface area (TPSA) is 99.9 Å². The number of nitrogens with one attached hydrogen (secondary N) is 2. The molecule has 0 spiro atoms. The molecule has 0 aromatic heterocycles. The first-order chi connectivity index (χ1) is 11.4. The minimum atomic E-state index is -3.84. The number of carbonyl (C=O) groups is 1. The maximum Gasteiger partial charge on any atom is 0.267 e. The standard InChI is InChI=1S/C16H13N3O4S/c1-17-13-5-3-6-14(11-13)19-24(22,23)15-7-2-4-12(10-15)8-9-16(20)18-21/h2-11,19,21H,(H,18,20). The third kappa shape index (κ3) is 4.42. The highest BCUT2D eigenvalue weighted by Crippen LogP contribution is 2.21. The summed E-state index contributed by atoms with van der Waals surface area (Å²) in [4.78, 5) is 14.2. The summed E-state index contributed by atoms with van der Waals surface area (Å²) in [7, 11) is -3.84. The van der Waals surface area contributed by atoms with Gasteiger partial charge in [0.2, 0.25) is 0 Å². The van der Waals surface area contributed by atoms with Crippen molar-refractivity contribution >= 4 is 33.4 Å². The summed E-state index contributed by atoms with van der Waals surface area (Å²) in [6, 6.07) is 12.1. The van der Waals surface area contributed by atoms with Gasteiger partial charge in [0.1, 0.15) is 0 Å². The molecule has 122 valence electrons. The molecule has 8 heteroatoms. The van der Waals surface area contributed by atoms with Gasteiger partial charge in [-0.2, -0.15) is 0 Å². The average Bonchev–Trinajstić information content (AvgIpc) is 2.59. The van der Waals surface area contributed by atoms with Crippen LogP contribution in [0.15, 0.2) is 59.5 Å². The van der Waals surface area contributed by atoms with Crippen LogP contribution in [-0.4, -0.2) is 19.5 Å². The number of hydroxylamine groups is 1. The summed E-state index contributed by atoms with van der Waals surface area (Å²) in [5, 5.41) is 8.43. The van der Waals surface area contributed by atoms with Crippen molar-refractivity contribution in [3.8, 4) is 0 Å². The van der Waals surface area contributed by atoms with E-state index in [1.165, 1.54) is 35.8 Å². The molecule has 2 aromatic rings. The molecule has 0 atom stereocenters. The first-order valence-electron chi connectivity index (χ1n) is 6.67. The molecule has 2 aromatic carbocycles. The molecule has 7 nitrogen and oxygen atoms in total. The molecule has 0 saturated carbocycles. The summed E-state index contributed by atoms with van der Waals surface area (Å²) in [6.45, 7) is 6.95. The Morgan fingerprint density at radius 3 is 2.62 bits per heavy atom. The molecular formula is C16H13N3O4S. The molecule has 24 heavy (non-hydrogen) atoms. The fourth-order valence-electron chi connectivity index (χ4n) is 1.85. The second kappa shape index (κ2) is 7.41. The second-order valence-electron chi connectivity index (χ2n) is 4.65. The number of nitrogens with zero attached hydrogens (tertiary/aromatic N) is 1. The fourth-order valence-corrected chi connectivity index (χ4v) is 2.95. The van der Waals surface area contributed by atoms with Gasteiger partial charge in [-0.3, -0.25) is 14.7 Å². The smallest absolute Gasteiger partial charge is 0.267 e. The normalized spacial score (nSPS) is 11.0. The van der Waals surface area contributed by atoms with Gasteiger partial charge in [0, 0.05) is 11.8 Å². The van der Waals surface area contributed by atoms with Crippen LogP contribution in [-0.2, 0) is 14.8 Å². The zero-order valence-corrected chi connectivity index (χ0v) is 13.1. The number of hydrogen-bond acceptors (Lipinski definition) is 4. The zero-order chi connectivity index (χ0) is 17.6. The largest absolute Gasteiger partial charge is 0.288 e. The van der Waals surface area contributed by atoms with Crippen LogP contribution in [0.4, 0.5) is 11.4 Å². The Kier molecular flexibility index (Phi) is 5.31. The quantitative estimate of drug-likeness (QED) is 0.336. The number of carbonyl (C=O) groups excluding carboxylic acids is 1. The molecular weight excluding hydrogens is 330 g/mol. The molecule has 0 saturated heterocycles. The lowest BCUT2D eigenvalue weighted by molar-refractivity contribution is -0.124. The molecule has 2 rings (SSSR count). The third-order valence-corrected chi connectivity index (χ3v) is 4.31. The van der Waals surface area contributed by atoms with Crippen LogP contribution in [0.25, 0.3) is 10.9 Å². The van der Waals surface area contributed by atoms with E-state index < -0.39 is 15.9 Å². The molecule has 0 radical (unpaired) electrons. The predicted molar refractivity (Wildman–Crippen MR) is 88.9 cm³/mol. The second-order valence-corrected chi connectivity index (χ2v) is 6.33. The number of sulfonamides is 1. The lowest BCUT2D eigenvalue weighted by Crippen LogP contribution is -2.15. The fraction of sp³-hybridized carbons (Fsp3) is 0. The highest BCUT2D eigenvalue weighted by molar-refractivity contribution is 7.92. The van der Waals surface area contributed by atoms with E-state index in [1.807, 2.05) is 0 Å². The zero-order valence-electron chi connectivity index (χ0n) is 12.3. The van der Waals surface area contributed by atoms with Gasteiger partial charge in [-0.25, -0.2) is 18.7 Å². The van der Waals surface area contributed by atoms with Crippen LogP contribution < -0.4 is 10.2 Å². The SMILES string of the molecule is [C-]#[N+]c1cccc(NS(=O)(=O)c2cccc(C=CC(=O)NO)c2)c1. The van der Waals surface area contributed by atoms with E-state index in [4.69, 9.17) is 11.8 Å². The lowest BCUT2D eigenvalue weighted by atomic mass is 10.2. The van der Waals surface area contributed by atoms with Crippen LogP contribution in [0.5, 0.6) is 0 Å². The molecule has 0 bridgehead atoms. The Labute approximate surface area is 139 Å². The Morgan fingerprint density at radius 1 is 1.17 bits per heavy atom. The van der Waals surface area contributed by atoms with Crippen molar-refractivity contribution in [2.45, 2.75) is 4.90 Å². The van der Waals surface area contributed by atoms with Gasteiger partial charge < -0.3 is 0 Å². The van der Waals surface area contributed by atoms with Crippen LogP contribution in [0, 0.1) is 6.57 Å². The summed E-state index contributed by atoms with van der Waals surface area (Å²) < 4.78 is 27.2. The van der Waals surface area contributed by atoms with Gasteiger partial charge in [0.05, 0.1) is 11.5 Å². The van der Waals surface area contributed by atoms with Gasteiger partial charge in [0.15, 0.2) is 5.69 Å². The Balaban J connectivity index is 2.27.